The zero-order valence-electron chi connectivity index (χ0n) is 13.0. The lowest BCUT2D eigenvalue weighted by atomic mass is 10.2. The Morgan fingerprint density at radius 3 is 2.92 bits per heavy atom. The molecule has 0 aliphatic heterocycles. The van der Waals surface area contributed by atoms with Crippen molar-refractivity contribution >= 4 is 55.0 Å². The van der Waals surface area contributed by atoms with Gasteiger partial charge in [0.05, 0.1) is 21.7 Å². The summed E-state index contributed by atoms with van der Waals surface area (Å²) in [6, 6.07) is 11.1. The van der Waals surface area contributed by atoms with Crippen LogP contribution >= 0.6 is 31.9 Å². The van der Waals surface area contributed by atoms with E-state index in [1.807, 2.05) is 24.3 Å². The molecule has 3 rings (SSSR count). The predicted octanol–water partition coefficient (Wildman–Crippen LogP) is 3.88. The number of phenolic OH excluding ortho intramolecular Hbond substituents is 1. The van der Waals surface area contributed by atoms with Crippen molar-refractivity contribution in [2.75, 3.05) is 0 Å². The van der Waals surface area contributed by atoms with Gasteiger partial charge in [-0.15, -0.1) is 0 Å². The van der Waals surface area contributed by atoms with Crippen molar-refractivity contribution in [3.05, 3.63) is 56.7 Å². The zero-order valence-corrected chi connectivity index (χ0v) is 16.1. The van der Waals surface area contributed by atoms with Crippen LogP contribution in [0.15, 0.2) is 50.4 Å². The van der Waals surface area contributed by atoms with Gasteiger partial charge in [-0.3, -0.25) is 4.79 Å². The fourth-order valence-electron chi connectivity index (χ4n) is 2.27. The summed E-state index contributed by atoms with van der Waals surface area (Å²) in [4.78, 5) is 19.5. The van der Waals surface area contributed by atoms with Gasteiger partial charge in [-0.25, -0.2) is 10.4 Å². The highest BCUT2D eigenvalue weighted by molar-refractivity contribution is 9.11. The molecule has 0 bridgehead atoms. The van der Waals surface area contributed by atoms with Gasteiger partial charge < -0.3 is 10.1 Å². The van der Waals surface area contributed by atoms with Gasteiger partial charge in [0.15, 0.2) is 0 Å². The molecule has 0 atom stereocenters. The Balaban J connectivity index is 1.56. The Morgan fingerprint density at radius 2 is 2.12 bits per heavy atom. The minimum atomic E-state index is -0.231. The highest BCUT2D eigenvalue weighted by Gasteiger charge is 2.07. The van der Waals surface area contributed by atoms with Gasteiger partial charge in [-0.1, -0.05) is 28.1 Å². The van der Waals surface area contributed by atoms with Crippen molar-refractivity contribution in [3.8, 4) is 5.75 Å². The standard InChI is InChI=1S/C17H14Br2N4O2/c18-11-7-10(17(25)12(19)8-11)9-20-23-16(24)6-5-15-21-13-3-1-2-4-14(13)22-15/h1-4,7-9,25H,5-6H2,(H,21,22)(H,23,24)/b20-9+. The number of hydrogen-bond donors (Lipinski definition) is 3. The fraction of sp³-hybridized carbons (Fsp3) is 0.118. The van der Waals surface area contributed by atoms with Crippen LogP contribution in [0, 0.1) is 0 Å². The third-order valence-electron chi connectivity index (χ3n) is 3.48. The number of carbonyl (C=O) groups excluding carboxylic acids is 1. The average molecular weight is 466 g/mol. The first kappa shape index (κ1) is 17.6. The van der Waals surface area contributed by atoms with Crippen molar-refractivity contribution in [1.29, 1.82) is 0 Å². The molecule has 1 aromatic heterocycles. The van der Waals surface area contributed by atoms with Gasteiger partial charge >= 0.3 is 0 Å². The summed E-state index contributed by atoms with van der Waals surface area (Å²) in [5.41, 5.74) is 4.77. The van der Waals surface area contributed by atoms with Gasteiger partial charge in [0, 0.05) is 22.9 Å². The molecular weight excluding hydrogens is 452 g/mol. The van der Waals surface area contributed by atoms with Crippen LogP contribution in [0.3, 0.4) is 0 Å². The maximum atomic E-state index is 11.9. The zero-order chi connectivity index (χ0) is 17.8. The predicted molar refractivity (Wildman–Crippen MR) is 104 cm³/mol. The first-order chi connectivity index (χ1) is 12.0. The van der Waals surface area contributed by atoms with Gasteiger partial charge in [0.1, 0.15) is 11.6 Å². The number of imidazole rings is 1. The summed E-state index contributed by atoms with van der Waals surface area (Å²) >= 11 is 6.58. The number of carbonyl (C=O) groups is 1. The van der Waals surface area contributed by atoms with E-state index in [1.54, 1.807) is 12.1 Å². The van der Waals surface area contributed by atoms with Crippen molar-refractivity contribution in [1.82, 2.24) is 15.4 Å². The number of aromatic nitrogens is 2. The van der Waals surface area contributed by atoms with Gasteiger partial charge in [0.2, 0.25) is 5.91 Å². The average Bonchev–Trinajstić information content (AvgIpc) is 3.00. The molecule has 25 heavy (non-hydrogen) atoms. The molecule has 8 heteroatoms. The van der Waals surface area contributed by atoms with Crippen molar-refractivity contribution in [2.45, 2.75) is 12.8 Å². The van der Waals surface area contributed by atoms with Crippen LogP contribution in [0.25, 0.3) is 11.0 Å². The summed E-state index contributed by atoms with van der Waals surface area (Å²) in [6.45, 7) is 0. The number of aryl methyl sites for hydroxylation is 1. The highest BCUT2D eigenvalue weighted by Crippen LogP contribution is 2.30. The Bertz CT molecular complexity index is 920. The number of aromatic hydroxyl groups is 1. The van der Waals surface area contributed by atoms with Crippen LogP contribution in [-0.2, 0) is 11.2 Å². The van der Waals surface area contributed by atoms with Gasteiger partial charge in [-0.05, 0) is 40.2 Å². The number of fused-ring (bicyclic) bond motifs is 1. The molecule has 3 N–H and O–H groups in total. The second-order valence-electron chi connectivity index (χ2n) is 5.32. The van der Waals surface area contributed by atoms with Crippen LogP contribution in [0.5, 0.6) is 5.75 Å². The van der Waals surface area contributed by atoms with Crippen LogP contribution in [-0.4, -0.2) is 27.2 Å². The third-order valence-corrected chi connectivity index (χ3v) is 4.54. The molecule has 3 aromatic rings. The molecule has 0 aliphatic rings. The summed E-state index contributed by atoms with van der Waals surface area (Å²) in [5.74, 6) is 0.586. The Labute approximate surface area is 160 Å². The van der Waals surface area contributed by atoms with Crippen LogP contribution < -0.4 is 5.43 Å². The Kier molecular flexibility index (Phi) is 5.50. The molecule has 0 radical (unpaired) electrons. The van der Waals surface area contributed by atoms with E-state index in [1.165, 1.54) is 6.21 Å². The lowest BCUT2D eigenvalue weighted by Crippen LogP contribution is -2.18. The van der Waals surface area contributed by atoms with Crippen molar-refractivity contribution in [2.24, 2.45) is 5.10 Å². The normalized spacial score (nSPS) is 11.3. The fourth-order valence-corrected chi connectivity index (χ4v) is 3.53. The van der Waals surface area contributed by atoms with E-state index >= 15 is 0 Å². The van der Waals surface area contributed by atoms with E-state index < -0.39 is 0 Å². The van der Waals surface area contributed by atoms with Crippen LogP contribution in [0.2, 0.25) is 0 Å². The van der Waals surface area contributed by atoms with E-state index in [2.05, 4.69) is 52.4 Å². The Hall–Kier alpha value is -2.19. The summed E-state index contributed by atoms with van der Waals surface area (Å²) in [6.07, 6.45) is 2.14. The highest BCUT2D eigenvalue weighted by atomic mass is 79.9. The Morgan fingerprint density at radius 1 is 1.32 bits per heavy atom. The lowest BCUT2D eigenvalue weighted by molar-refractivity contribution is -0.121. The minimum absolute atomic E-state index is 0.0588. The topological polar surface area (TPSA) is 90.4 Å². The van der Waals surface area contributed by atoms with E-state index in [9.17, 15) is 9.90 Å². The maximum absolute atomic E-state index is 11.9. The summed E-state index contributed by atoms with van der Waals surface area (Å²) in [7, 11) is 0. The number of para-hydroxylation sites is 2. The molecule has 2 aromatic carbocycles. The number of amides is 1. The van der Waals surface area contributed by atoms with Crippen LogP contribution in [0.1, 0.15) is 17.8 Å². The van der Waals surface area contributed by atoms with Gasteiger partial charge in [-0.2, -0.15) is 5.10 Å². The third kappa shape index (κ3) is 4.46. The van der Waals surface area contributed by atoms with Crippen LogP contribution in [0.4, 0.5) is 0 Å². The molecule has 0 fully saturated rings. The molecule has 0 saturated heterocycles. The monoisotopic (exact) mass is 464 g/mol. The number of hydrazone groups is 1. The molecule has 0 saturated carbocycles. The van der Waals surface area contributed by atoms with E-state index in [0.717, 1.165) is 21.3 Å². The quantitative estimate of drug-likeness (QED) is 0.394. The number of phenols is 1. The molecule has 0 spiro atoms. The molecule has 6 nitrogen and oxygen atoms in total. The molecule has 0 aliphatic carbocycles. The smallest absolute Gasteiger partial charge is 0.240 e. The summed E-state index contributed by atoms with van der Waals surface area (Å²) in [5, 5.41) is 13.8. The number of nitrogens with one attached hydrogen (secondary N) is 2. The minimum Gasteiger partial charge on any atom is -0.506 e. The second-order valence-corrected chi connectivity index (χ2v) is 7.09. The number of halogens is 2. The number of nitrogens with zero attached hydrogens (tertiary/aromatic N) is 2. The van der Waals surface area contributed by atoms with Crippen molar-refractivity contribution < 1.29 is 9.90 Å². The lowest BCUT2D eigenvalue weighted by Gasteiger charge is -2.03. The SMILES string of the molecule is O=C(CCc1nc2ccccc2[nH]1)N/N=C/c1cc(Br)cc(Br)c1O. The maximum Gasteiger partial charge on any atom is 0.240 e. The number of aromatic amines is 1. The number of hydrogen-bond acceptors (Lipinski definition) is 4. The summed E-state index contributed by atoms with van der Waals surface area (Å²) < 4.78 is 1.33. The number of rotatable bonds is 5. The van der Waals surface area contributed by atoms with E-state index in [4.69, 9.17) is 0 Å². The van der Waals surface area contributed by atoms with Crippen molar-refractivity contribution in [3.63, 3.8) is 0 Å². The molecular formula is C17H14Br2N4O2. The number of benzene rings is 2. The second kappa shape index (κ2) is 7.79. The first-order valence-electron chi connectivity index (χ1n) is 7.46. The van der Waals surface area contributed by atoms with E-state index in [0.29, 0.717) is 16.5 Å². The van der Waals surface area contributed by atoms with Gasteiger partial charge in [0.25, 0.3) is 0 Å². The number of H-pyrrole nitrogens is 1. The molecule has 0 unspecified atom stereocenters. The van der Waals surface area contributed by atoms with E-state index in [-0.39, 0.29) is 18.1 Å². The molecule has 1 heterocycles. The molecule has 128 valence electrons. The largest absolute Gasteiger partial charge is 0.506 e. The first-order valence-corrected chi connectivity index (χ1v) is 9.05. The molecule has 1 amide bonds.